The van der Waals surface area contributed by atoms with Gasteiger partial charge in [-0.05, 0) is 37.9 Å². The van der Waals surface area contributed by atoms with Crippen molar-refractivity contribution in [3.8, 4) is 0 Å². The molecule has 0 saturated heterocycles. The Labute approximate surface area is 126 Å². The molecule has 0 saturated carbocycles. The predicted octanol–water partition coefficient (Wildman–Crippen LogP) is 4.31. The molecule has 0 amide bonds. The summed E-state index contributed by atoms with van der Waals surface area (Å²) in [7, 11) is 0. The number of hydrogen-bond donors (Lipinski definition) is 0. The number of nitrogens with zero attached hydrogens (tertiary/aromatic N) is 2. The Kier molecular flexibility index (Phi) is 4.07. The van der Waals surface area contributed by atoms with Crippen LogP contribution in [-0.4, -0.2) is 15.8 Å². The number of halogens is 5. The molecular weight excluding hydrogens is 413 g/mol. The third-order valence-electron chi connectivity index (χ3n) is 1.99. The predicted molar refractivity (Wildman–Crippen MR) is 70.2 cm³/mol. The number of alkyl halides is 3. The van der Waals surface area contributed by atoms with Crippen molar-refractivity contribution < 1.29 is 18.0 Å². The quantitative estimate of drug-likeness (QED) is 0.686. The van der Waals surface area contributed by atoms with Gasteiger partial charge in [-0.2, -0.15) is 13.2 Å². The summed E-state index contributed by atoms with van der Waals surface area (Å²) >= 11 is 6.61. The second-order valence-corrected chi connectivity index (χ2v) is 6.14. The molecule has 0 spiro atoms. The number of carbonyl (C=O) groups excluding carboxylic acids is 1. The molecule has 0 bridgehead atoms. The summed E-state index contributed by atoms with van der Waals surface area (Å²) < 4.78 is 38.3. The molecule has 19 heavy (non-hydrogen) atoms. The van der Waals surface area contributed by atoms with E-state index in [9.17, 15) is 18.0 Å². The van der Waals surface area contributed by atoms with Gasteiger partial charge in [0.1, 0.15) is 5.69 Å². The molecule has 2 aromatic heterocycles. The van der Waals surface area contributed by atoms with Gasteiger partial charge in [0.05, 0.1) is 4.88 Å². The number of rotatable bonds is 2. The average molecular weight is 416 g/mol. The van der Waals surface area contributed by atoms with Crippen molar-refractivity contribution in [2.45, 2.75) is 6.18 Å². The van der Waals surface area contributed by atoms with E-state index < -0.39 is 17.0 Å². The summed E-state index contributed by atoms with van der Waals surface area (Å²) in [6, 6.07) is 1.59. The minimum Gasteiger partial charge on any atom is -0.286 e. The summed E-state index contributed by atoms with van der Waals surface area (Å²) in [5.41, 5.74) is 0.0422. The van der Waals surface area contributed by atoms with E-state index in [0.29, 0.717) is 20.3 Å². The maximum absolute atomic E-state index is 12.4. The second kappa shape index (κ2) is 5.29. The van der Waals surface area contributed by atoms with Crippen molar-refractivity contribution in [1.82, 2.24) is 9.97 Å². The minimum absolute atomic E-state index is 0.0422. The van der Waals surface area contributed by atoms with Crippen molar-refractivity contribution in [3.63, 3.8) is 0 Å². The van der Waals surface area contributed by atoms with Crippen LogP contribution in [0.5, 0.6) is 0 Å². The summed E-state index contributed by atoms with van der Waals surface area (Å²) in [4.78, 5) is 19.0. The monoisotopic (exact) mass is 414 g/mol. The van der Waals surface area contributed by atoms with E-state index in [1.54, 1.807) is 6.07 Å². The molecule has 0 unspecified atom stereocenters. The van der Waals surface area contributed by atoms with Crippen LogP contribution >= 0.6 is 43.2 Å². The van der Waals surface area contributed by atoms with Gasteiger partial charge in [-0.1, -0.05) is 0 Å². The molecule has 2 rings (SSSR count). The van der Waals surface area contributed by atoms with Gasteiger partial charge in [0.25, 0.3) is 0 Å². The van der Waals surface area contributed by atoms with Crippen LogP contribution < -0.4 is 0 Å². The van der Waals surface area contributed by atoms with Crippen LogP contribution in [0.1, 0.15) is 20.4 Å². The van der Waals surface area contributed by atoms with E-state index in [2.05, 4.69) is 41.8 Å². The summed E-state index contributed by atoms with van der Waals surface area (Å²) in [6.45, 7) is 0. The van der Waals surface area contributed by atoms with Crippen molar-refractivity contribution >= 4 is 49.0 Å². The van der Waals surface area contributed by atoms with Gasteiger partial charge in [-0.3, -0.25) is 9.78 Å². The Balaban J connectivity index is 2.37. The minimum atomic E-state index is -4.55. The molecule has 3 nitrogen and oxygen atoms in total. The van der Waals surface area contributed by atoms with Crippen LogP contribution in [-0.2, 0) is 6.18 Å². The number of pyridine rings is 1. The maximum atomic E-state index is 12.4. The van der Waals surface area contributed by atoms with Crippen LogP contribution in [0.2, 0.25) is 0 Å². The Morgan fingerprint density at radius 2 is 1.89 bits per heavy atom. The van der Waals surface area contributed by atoms with Crippen molar-refractivity contribution in [1.29, 1.82) is 0 Å². The first-order valence-electron chi connectivity index (χ1n) is 4.68. The van der Waals surface area contributed by atoms with E-state index >= 15 is 0 Å². The molecule has 0 radical (unpaired) electrons. The van der Waals surface area contributed by atoms with Crippen molar-refractivity contribution in [2.75, 3.05) is 0 Å². The topological polar surface area (TPSA) is 42.9 Å². The normalized spacial score (nSPS) is 11.6. The van der Waals surface area contributed by atoms with Gasteiger partial charge in [-0.25, -0.2) is 4.98 Å². The van der Waals surface area contributed by atoms with Gasteiger partial charge in [-0.15, -0.1) is 11.3 Å². The molecule has 9 heteroatoms. The van der Waals surface area contributed by atoms with E-state index in [-0.39, 0.29) is 10.6 Å². The lowest BCUT2D eigenvalue weighted by Crippen LogP contribution is -2.04. The lowest BCUT2D eigenvalue weighted by Gasteiger charge is -2.01. The van der Waals surface area contributed by atoms with E-state index in [0.717, 1.165) is 6.20 Å². The summed E-state index contributed by atoms with van der Waals surface area (Å²) in [5.74, 6) is -0.604. The van der Waals surface area contributed by atoms with Crippen LogP contribution in [0.4, 0.5) is 13.2 Å². The second-order valence-electron chi connectivity index (χ2n) is 3.34. The zero-order valence-electron chi connectivity index (χ0n) is 8.83. The lowest BCUT2D eigenvalue weighted by atomic mass is 10.2. The van der Waals surface area contributed by atoms with Gasteiger partial charge in [0.15, 0.2) is 5.01 Å². The first kappa shape index (κ1) is 14.6. The zero-order chi connectivity index (χ0) is 14.2. The molecule has 2 aromatic rings. The fourth-order valence-corrected chi connectivity index (χ4v) is 3.10. The standard InChI is InChI=1S/C10H3Br2F3N2OS/c11-4-1-5(12)7(16-2-4)8(18)6-3-17-9(19-6)10(13,14)15/h1-3H. The van der Waals surface area contributed by atoms with Gasteiger partial charge in [0, 0.05) is 21.3 Å². The van der Waals surface area contributed by atoms with Crippen molar-refractivity contribution in [3.05, 3.63) is 43.0 Å². The van der Waals surface area contributed by atoms with Crippen LogP contribution in [0.15, 0.2) is 27.4 Å². The number of carbonyl (C=O) groups is 1. The molecule has 0 aliphatic carbocycles. The molecule has 0 aliphatic rings. The number of hydrogen-bond acceptors (Lipinski definition) is 4. The molecule has 0 fully saturated rings. The Bertz CT molecular complexity index is 642. The summed E-state index contributed by atoms with van der Waals surface area (Å²) in [5, 5.41) is -1.05. The zero-order valence-corrected chi connectivity index (χ0v) is 12.8. The largest absolute Gasteiger partial charge is 0.443 e. The molecule has 100 valence electrons. The van der Waals surface area contributed by atoms with Crippen LogP contribution in [0, 0.1) is 0 Å². The highest BCUT2D eigenvalue weighted by Gasteiger charge is 2.35. The molecule has 0 aliphatic heterocycles. The first-order valence-corrected chi connectivity index (χ1v) is 7.08. The SMILES string of the molecule is O=C(c1cnc(C(F)(F)F)s1)c1ncc(Br)cc1Br. The Hall–Kier alpha value is -0.800. The smallest absolute Gasteiger partial charge is 0.286 e. The highest BCUT2D eigenvalue weighted by Crippen LogP contribution is 2.33. The molecule has 2 heterocycles. The molecule has 0 atom stereocenters. The average Bonchev–Trinajstić information content (AvgIpc) is 2.76. The van der Waals surface area contributed by atoms with E-state index in [1.807, 2.05) is 0 Å². The first-order chi connectivity index (χ1) is 8.79. The van der Waals surface area contributed by atoms with Crippen LogP contribution in [0.3, 0.4) is 0 Å². The Morgan fingerprint density at radius 1 is 1.21 bits per heavy atom. The Morgan fingerprint density at radius 3 is 2.42 bits per heavy atom. The van der Waals surface area contributed by atoms with E-state index in [4.69, 9.17) is 0 Å². The molecular formula is C10H3Br2F3N2OS. The van der Waals surface area contributed by atoms with E-state index in [1.165, 1.54) is 6.20 Å². The third-order valence-corrected chi connectivity index (χ3v) is 4.07. The van der Waals surface area contributed by atoms with Crippen molar-refractivity contribution in [2.24, 2.45) is 0 Å². The maximum Gasteiger partial charge on any atom is 0.443 e. The highest BCUT2D eigenvalue weighted by molar-refractivity contribution is 9.11. The fourth-order valence-electron chi connectivity index (χ4n) is 1.21. The number of ketones is 1. The lowest BCUT2D eigenvalue weighted by molar-refractivity contribution is -0.137. The van der Waals surface area contributed by atoms with Crippen LogP contribution in [0.25, 0.3) is 0 Å². The van der Waals surface area contributed by atoms with Gasteiger partial charge < -0.3 is 0 Å². The molecule has 0 aromatic carbocycles. The third kappa shape index (κ3) is 3.21. The fraction of sp³-hybridized carbons (Fsp3) is 0.100. The summed E-state index contributed by atoms with van der Waals surface area (Å²) in [6.07, 6.45) is -2.25. The van der Waals surface area contributed by atoms with Gasteiger partial charge >= 0.3 is 6.18 Å². The number of aromatic nitrogens is 2. The molecule has 0 N–H and O–H groups in total. The van der Waals surface area contributed by atoms with Gasteiger partial charge in [0.2, 0.25) is 5.78 Å². The highest BCUT2D eigenvalue weighted by atomic mass is 79.9. The number of thiazole rings is 1.